The number of ketones is 1. The van der Waals surface area contributed by atoms with Gasteiger partial charge in [-0.1, -0.05) is 52.7 Å². The summed E-state index contributed by atoms with van der Waals surface area (Å²) in [5, 5.41) is 11.6. The van der Waals surface area contributed by atoms with Gasteiger partial charge in [0.1, 0.15) is 16.5 Å². The van der Waals surface area contributed by atoms with Gasteiger partial charge in [0.2, 0.25) is 0 Å². The second kappa shape index (κ2) is 10.0. The number of carbonyl (C=O) groups is 3. The van der Waals surface area contributed by atoms with E-state index >= 15 is 0 Å². The average Bonchev–Trinajstić information content (AvgIpc) is 3.34. The van der Waals surface area contributed by atoms with Crippen LogP contribution in [0.3, 0.4) is 0 Å². The molecule has 1 amide bonds. The highest BCUT2D eigenvalue weighted by Gasteiger charge is 2.48. The Bertz CT molecular complexity index is 1450. The highest BCUT2D eigenvalue weighted by molar-refractivity contribution is 7.17. The number of thiazole rings is 1. The summed E-state index contributed by atoms with van der Waals surface area (Å²) >= 11 is 13.2. The number of hydrogen-bond donors (Lipinski definition) is 1. The van der Waals surface area contributed by atoms with Crippen molar-refractivity contribution < 1.29 is 28.6 Å². The van der Waals surface area contributed by atoms with E-state index < -0.39 is 35.3 Å². The van der Waals surface area contributed by atoms with Crippen LogP contribution in [-0.2, 0) is 14.3 Å². The molecule has 1 unspecified atom stereocenters. The molecule has 1 N–H and O–H groups in total. The van der Waals surface area contributed by atoms with Gasteiger partial charge in [-0.2, -0.15) is 0 Å². The molecule has 0 radical (unpaired) electrons. The number of ether oxygens (including phenoxy) is 1. The monoisotopic (exact) mass is 548 g/mol. The number of aliphatic hydroxyl groups excluding tert-OH is 1. The van der Waals surface area contributed by atoms with Crippen LogP contribution in [0, 0.1) is 19.7 Å². The van der Waals surface area contributed by atoms with Crippen LogP contribution >= 0.6 is 34.5 Å². The Morgan fingerprint density at radius 3 is 2.53 bits per heavy atom. The van der Waals surface area contributed by atoms with E-state index in [2.05, 4.69) is 4.98 Å². The molecule has 3 aromatic rings. The molecule has 1 saturated heterocycles. The largest absolute Gasteiger partial charge is 0.507 e. The number of aromatic nitrogens is 1. The van der Waals surface area contributed by atoms with Crippen molar-refractivity contribution >= 4 is 63.1 Å². The number of aliphatic hydroxyl groups is 1. The highest BCUT2D eigenvalue weighted by Crippen LogP contribution is 2.45. The van der Waals surface area contributed by atoms with Gasteiger partial charge in [0.15, 0.2) is 5.13 Å². The molecule has 1 aromatic heterocycles. The fourth-order valence-electron chi connectivity index (χ4n) is 3.79. The Morgan fingerprint density at radius 1 is 1.17 bits per heavy atom. The number of benzene rings is 2. The molecule has 4 rings (SSSR count). The number of hydrogen-bond acceptors (Lipinski definition) is 7. The first kappa shape index (κ1) is 25.8. The standard InChI is InChI=1S/C25H19Cl2FN2O5S/c1-4-35-24(34)22-12(3)29-25(36-22)30-19(13-7-8-15(26)16(27)9-13)18(21(32)23(30)33)20(31)14-6-5-11(2)17(28)10-14/h5-10,19,31H,4H2,1-3H3/b20-18+. The highest BCUT2D eigenvalue weighted by atomic mass is 35.5. The molecule has 1 atom stereocenters. The van der Waals surface area contributed by atoms with Gasteiger partial charge in [0, 0.05) is 5.56 Å². The minimum absolute atomic E-state index is 0.0173. The van der Waals surface area contributed by atoms with E-state index in [-0.39, 0.29) is 37.8 Å². The predicted molar refractivity (Wildman–Crippen MR) is 135 cm³/mol. The first-order chi connectivity index (χ1) is 17.0. The SMILES string of the molecule is CCOC(=O)c1sc(N2C(=O)C(=O)/C(=C(/O)c3ccc(C)c(F)c3)C2c2ccc(Cl)c(Cl)c2)nc1C. The summed E-state index contributed by atoms with van der Waals surface area (Å²) in [6.45, 7) is 4.93. The van der Waals surface area contributed by atoms with Crippen LogP contribution in [0.25, 0.3) is 5.76 Å². The third-order valence-corrected chi connectivity index (χ3v) is 7.48. The third kappa shape index (κ3) is 4.50. The summed E-state index contributed by atoms with van der Waals surface area (Å²) in [6.07, 6.45) is 0. The number of anilines is 1. The van der Waals surface area contributed by atoms with Crippen molar-refractivity contribution in [3.63, 3.8) is 0 Å². The van der Waals surface area contributed by atoms with E-state index in [1.54, 1.807) is 26.8 Å². The van der Waals surface area contributed by atoms with E-state index in [9.17, 15) is 23.9 Å². The number of Topliss-reactive ketones (excluding diaryl/α,β-unsaturated/α-hetero) is 1. The molecule has 0 spiro atoms. The van der Waals surface area contributed by atoms with Gasteiger partial charge in [-0.15, -0.1) is 0 Å². The molecule has 2 aromatic carbocycles. The maximum atomic E-state index is 14.3. The van der Waals surface area contributed by atoms with Crippen LogP contribution in [0.4, 0.5) is 9.52 Å². The molecular formula is C25H19Cl2FN2O5S. The maximum absolute atomic E-state index is 14.3. The zero-order valence-corrected chi connectivity index (χ0v) is 21.6. The molecule has 36 heavy (non-hydrogen) atoms. The fraction of sp³-hybridized carbons (Fsp3) is 0.200. The van der Waals surface area contributed by atoms with E-state index in [1.165, 1.54) is 24.3 Å². The van der Waals surface area contributed by atoms with Gasteiger partial charge in [-0.05, 0) is 50.1 Å². The zero-order valence-electron chi connectivity index (χ0n) is 19.3. The van der Waals surface area contributed by atoms with Crippen LogP contribution in [0.1, 0.15) is 45.0 Å². The quantitative estimate of drug-likeness (QED) is 0.181. The Labute approximate surface area is 219 Å². The van der Waals surface area contributed by atoms with Crippen molar-refractivity contribution in [2.75, 3.05) is 11.5 Å². The van der Waals surface area contributed by atoms with Gasteiger partial charge in [0.25, 0.3) is 5.78 Å². The lowest BCUT2D eigenvalue weighted by atomic mass is 9.95. The molecule has 0 saturated carbocycles. The summed E-state index contributed by atoms with van der Waals surface area (Å²) in [6, 6.07) is 7.30. The number of esters is 1. The van der Waals surface area contributed by atoms with E-state index in [0.717, 1.165) is 22.3 Å². The smallest absolute Gasteiger partial charge is 0.350 e. The molecule has 1 fully saturated rings. The number of amides is 1. The lowest BCUT2D eigenvalue weighted by Gasteiger charge is -2.23. The summed E-state index contributed by atoms with van der Waals surface area (Å²) in [7, 11) is 0. The summed E-state index contributed by atoms with van der Waals surface area (Å²) in [5.74, 6) is -3.75. The minimum Gasteiger partial charge on any atom is -0.507 e. The van der Waals surface area contributed by atoms with E-state index in [0.29, 0.717) is 16.8 Å². The second-order valence-electron chi connectivity index (χ2n) is 7.94. The minimum atomic E-state index is -1.18. The molecule has 1 aliphatic rings. The molecule has 0 bridgehead atoms. The molecule has 7 nitrogen and oxygen atoms in total. The molecular weight excluding hydrogens is 530 g/mol. The van der Waals surface area contributed by atoms with Crippen molar-refractivity contribution in [3.8, 4) is 0 Å². The van der Waals surface area contributed by atoms with Crippen molar-refractivity contribution in [3.05, 3.63) is 85.1 Å². The molecule has 2 heterocycles. The number of halogens is 3. The van der Waals surface area contributed by atoms with Crippen LogP contribution in [0.2, 0.25) is 10.0 Å². The van der Waals surface area contributed by atoms with Crippen LogP contribution < -0.4 is 4.90 Å². The maximum Gasteiger partial charge on any atom is 0.350 e. The number of nitrogens with zero attached hydrogens (tertiary/aromatic N) is 2. The summed E-state index contributed by atoms with van der Waals surface area (Å²) < 4.78 is 19.3. The third-order valence-electron chi connectivity index (χ3n) is 5.60. The number of aryl methyl sites for hydroxylation is 2. The molecule has 0 aliphatic carbocycles. The first-order valence-corrected chi connectivity index (χ1v) is 12.3. The van der Waals surface area contributed by atoms with E-state index in [1.807, 2.05) is 0 Å². The van der Waals surface area contributed by atoms with Gasteiger partial charge in [-0.3, -0.25) is 14.5 Å². The van der Waals surface area contributed by atoms with Crippen LogP contribution in [-0.4, -0.2) is 34.4 Å². The van der Waals surface area contributed by atoms with Gasteiger partial charge < -0.3 is 9.84 Å². The zero-order chi connectivity index (χ0) is 26.3. The normalized spacial score (nSPS) is 17.1. The van der Waals surface area contributed by atoms with E-state index in [4.69, 9.17) is 27.9 Å². The average molecular weight is 549 g/mol. The number of carbonyl (C=O) groups excluding carboxylic acids is 3. The first-order valence-electron chi connectivity index (χ1n) is 10.7. The van der Waals surface area contributed by atoms with Crippen molar-refractivity contribution in [2.45, 2.75) is 26.8 Å². The Morgan fingerprint density at radius 2 is 1.89 bits per heavy atom. The predicted octanol–water partition coefficient (Wildman–Crippen LogP) is 6.01. The van der Waals surface area contributed by atoms with Crippen molar-refractivity contribution in [1.29, 1.82) is 0 Å². The van der Waals surface area contributed by atoms with Crippen molar-refractivity contribution in [2.24, 2.45) is 0 Å². The van der Waals surface area contributed by atoms with Crippen molar-refractivity contribution in [1.82, 2.24) is 4.98 Å². The van der Waals surface area contributed by atoms with Gasteiger partial charge >= 0.3 is 11.9 Å². The second-order valence-corrected chi connectivity index (χ2v) is 9.73. The van der Waals surface area contributed by atoms with Crippen LogP contribution in [0.5, 0.6) is 0 Å². The molecule has 1 aliphatic heterocycles. The Kier molecular flexibility index (Phi) is 7.17. The topological polar surface area (TPSA) is 96.8 Å². The Hall–Kier alpha value is -3.27. The molecule has 11 heteroatoms. The summed E-state index contributed by atoms with van der Waals surface area (Å²) in [4.78, 5) is 44.5. The fourth-order valence-corrected chi connectivity index (χ4v) is 5.09. The van der Waals surface area contributed by atoms with Crippen LogP contribution in [0.15, 0.2) is 42.0 Å². The number of rotatable bonds is 5. The molecule has 186 valence electrons. The lowest BCUT2D eigenvalue weighted by molar-refractivity contribution is -0.132. The van der Waals surface area contributed by atoms with Gasteiger partial charge in [0.05, 0.1) is 34.0 Å². The lowest BCUT2D eigenvalue weighted by Crippen LogP contribution is -2.29. The van der Waals surface area contributed by atoms with Gasteiger partial charge in [-0.25, -0.2) is 14.2 Å². The summed E-state index contributed by atoms with van der Waals surface area (Å²) in [5.41, 5.74) is 0.737. The Balaban J connectivity index is 1.94.